The second-order valence-electron chi connectivity index (χ2n) is 6.09. The van der Waals surface area contributed by atoms with Crippen LogP contribution in [-0.2, 0) is 16.6 Å². The lowest BCUT2D eigenvalue weighted by Crippen LogP contribution is -2.12. The van der Waals surface area contributed by atoms with Crippen LogP contribution in [0.2, 0.25) is 0 Å². The van der Waals surface area contributed by atoms with Crippen LogP contribution in [0.5, 0.6) is 5.88 Å². The maximum Gasteiger partial charge on any atom is 0.238 e. The number of primary sulfonamides is 1. The number of hydrogen-bond donors (Lipinski definition) is 3. The summed E-state index contributed by atoms with van der Waals surface area (Å²) >= 11 is 5.17. The van der Waals surface area contributed by atoms with Crippen LogP contribution in [0.25, 0.3) is 10.9 Å². The van der Waals surface area contributed by atoms with E-state index < -0.39 is 10.0 Å². The summed E-state index contributed by atoms with van der Waals surface area (Å²) in [5.41, 5.74) is 2.79. The highest BCUT2D eigenvalue weighted by molar-refractivity contribution is 7.89. The molecule has 0 saturated carbocycles. The Morgan fingerprint density at radius 2 is 1.93 bits per heavy atom. The Labute approximate surface area is 167 Å². The van der Waals surface area contributed by atoms with Gasteiger partial charge in [0, 0.05) is 17.6 Å². The molecule has 10 heteroatoms. The van der Waals surface area contributed by atoms with Gasteiger partial charge in [0.15, 0.2) is 5.69 Å². The maximum atomic E-state index is 11.3. The third-order valence-corrected chi connectivity index (χ3v) is 5.33. The van der Waals surface area contributed by atoms with Crippen LogP contribution < -0.4 is 10.5 Å². The number of nitrogens with two attached hydrogens (primary N) is 1. The Kier molecular flexibility index (Phi) is 5.45. The lowest BCUT2D eigenvalue weighted by molar-refractivity contribution is 0.426. The zero-order chi connectivity index (χ0) is 20.5. The fourth-order valence-electron chi connectivity index (χ4n) is 2.94. The molecule has 0 saturated heterocycles. The summed E-state index contributed by atoms with van der Waals surface area (Å²) in [4.78, 5) is -0.00161. The van der Waals surface area contributed by atoms with Gasteiger partial charge in [-0.05, 0) is 55.9 Å². The number of nitrogens with one attached hydrogen (secondary N) is 1. The summed E-state index contributed by atoms with van der Waals surface area (Å²) in [5, 5.41) is 27.4. The predicted octanol–water partition coefficient (Wildman–Crippen LogP) is 3.80. The lowest BCUT2D eigenvalue weighted by atomic mass is 10.1. The molecule has 8 nitrogen and oxygen atoms in total. The summed E-state index contributed by atoms with van der Waals surface area (Å²) < 4.78 is 24.3. The fraction of sp³-hybridized carbons (Fsp3) is 0.167. The Morgan fingerprint density at radius 1 is 1.25 bits per heavy atom. The van der Waals surface area contributed by atoms with Crippen LogP contribution in [0.15, 0.2) is 57.6 Å². The first-order chi connectivity index (χ1) is 13.2. The first-order valence-corrected chi connectivity index (χ1v) is 10.3. The molecule has 1 aromatic heterocycles. The smallest absolute Gasteiger partial charge is 0.238 e. The lowest BCUT2D eigenvalue weighted by Gasteiger charge is -2.04. The van der Waals surface area contributed by atoms with Gasteiger partial charge < -0.3 is 15.0 Å². The molecule has 0 amide bonds. The number of aromatic hydroxyl groups is 1. The van der Waals surface area contributed by atoms with Crippen molar-refractivity contribution in [2.75, 3.05) is 5.32 Å². The van der Waals surface area contributed by atoms with E-state index in [-0.39, 0.29) is 15.9 Å². The number of thiocarbonyl (C=S) groups is 1. The van der Waals surface area contributed by atoms with E-state index in [4.69, 9.17) is 17.4 Å². The number of para-hydroxylation sites is 1. The number of fused-ring (bicyclic) bond motifs is 1. The highest BCUT2D eigenvalue weighted by atomic mass is 32.2. The van der Waals surface area contributed by atoms with E-state index in [2.05, 4.69) is 15.5 Å². The van der Waals surface area contributed by atoms with Crippen molar-refractivity contribution in [1.29, 1.82) is 0 Å². The van der Waals surface area contributed by atoms with Gasteiger partial charge in [-0.15, -0.1) is 10.2 Å². The number of sulfonamides is 1. The zero-order valence-electron chi connectivity index (χ0n) is 15.2. The van der Waals surface area contributed by atoms with Crippen molar-refractivity contribution in [3.05, 3.63) is 48.0 Å². The van der Waals surface area contributed by atoms with Gasteiger partial charge in [-0.3, -0.25) is 0 Å². The van der Waals surface area contributed by atoms with Gasteiger partial charge in [-0.25, -0.2) is 13.6 Å². The molecule has 0 unspecified atom stereocenters. The van der Waals surface area contributed by atoms with E-state index in [1.165, 1.54) is 24.3 Å². The molecule has 0 aliphatic rings. The number of anilines is 1. The van der Waals surface area contributed by atoms with Gasteiger partial charge in [-0.1, -0.05) is 18.2 Å². The van der Waals surface area contributed by atoms with E-state index >= 15 is 0 Å². The molecule has 0 aliphatic carbocycles. The molecule has 4 N–H and O–H groups in total. The summed E-state index contributed by atoms with van der Waals surface area (Å²) in [7, 11) is -3.76. The normalized spacial score (nSPS) is 12.0. The van der Waals surface area contributed by atoms with Crippen LogP contribution >= 0.6 is 12.2 Å². The van der Waals surface area contributed by atoms with Crippen molar-refractivity contribution in [2.45, 2.75) is 25.3 Å². The third kappa shape index (κ3) is 3.88. The van der Waals surface area contributed by atoms with Crippen molar-refractivity contribution >= 4 is 49.6 Å². The molecule has 0 aliphatic heterocycles. The van der Waals surface area contributed by atoms with Crippen LogP contribution in [0.4, 0.5) is 11.4 Å². The van der Waals surface area contributed by atoms with E-state index in [1.54, 1.807) is 4.57 Å². The second kappa shape index (κ2) is 7.66. The first-order valence-electron chi connectivity index (χ1n) is 8.38. The number of aromatic nitrogens is 1. The van der Waals surface area contributed by atoms with Gasteiger partial charge in [-0.2, -0.15) is 0 Å². The standard InChI is InChI=1S/C18H19N5O3S2/c1-3-23-16-11(2)5-4-6-14(16)15(17(23)24)21-22-18(27)20-12-7-9-13(10-8-12)28(19,25)26/h4-10,24H,3H2,1-2H3,(H,20,27)(H2,19,25,26). The Balaban J connectivity index is 1.85. The van der Waals surface area contributed by atoms with Crippen LogP contribution in [0.3, 0.4) is 0 Å². The molecule has 0 fully saturated rings. The number of azo groups is 1. The monoisotopic (exact) mass is 417 g/mol. The zero-order valence-corrected chi connectivity index (χ0v) is 16.9. The van der Waals surface area contributed by atoms with Gasteiger partial charge in [0.05, 0.1) is 10.4 Å². The summed E-state index contributed by atoms with van der Waals surface area (Å²) in [6.45, 7) is 4.48. The molecule has 28 heavy (non-hydrogen) atoms. The average molecular weight is 418 g/mol. The first kappa shape index (κ1) is 19.9. The molecule has 1 heterocycles. The minimum Gasteiger partial charge on any atom is -0.493 e. The van der Waals surface area contributed by atoms with Crippen LogP contribution in [-0.4, -0.2) is 23.2 Å². The fourth-order valence-corrected chi connectivity index (χ4v) is 3.61. The molecule has 2 aromatic carbocycles. The van der Waals surface area contributed by atoms with Crippen LogP contribution in [0.1, 0.15) is 12.5 Å². The van der Waals surface area contributed by atoms with Crippen LogP contribution in [0, 0.1) is 6.92 Å². The Bertz CT molecular complexity index is 1180. The topological polar surface area (TPSA) is 122 Å². The maximum absolute atomic E-state index is 11.3. The van der Waals surface area contributed by atoms with Crippen molar-refractivity contribution in [3.63, 3.8) is 0 Å². The van der Waals surface area contributed by atoms with Gasteiger partial charge >= 0.3 is 0 Å². The number of aryl methyl sites for hydroxylation is 2. The molecular formula is C18H19N5O3S2. The number of nitrogens with zero attached hydrogens (tertiary/aromatic N) is 3. The van der Waals surface area contributed by atoms with E-state index in [9.17, 15) is 13.5 Å². The Morgan fingerprint density at radius 3 is 2.54 bits per heavy atom. The van der Waals surface area contributed by atoms with E-state index in [1.807, 2.05) is 32.0 Å². The highest BCUT2D eigenvalue weighted by Crippen LogP contribution is 2.40. The summed E-state index contributed by atoms with van der Waals surface area (Å²) in [6.07, 6.45) is 0. The predicted molar refractivity (Wildman–Crippen MR) is 113 cm³/mol. The minimum absolute atomic E-state index is 0.00161. The number of rotatable bonds is 4. The largest absolute Gasteiger partial charge is 0.493 e. The molecule has 0 atom stereocenters. The SMILES string of the molecule is CCn1c(O)c(N=NC(=S)Nc2ccc(S(N)(=O)=O)cc2)c2cccc(C)c21. The summed E-state index contributed by atoms with van der Waals surface area (Å²) in [6, 6.07) is 11.5. The average Bonchev–Trinajstić information content (AvgIpc) is 2.92. The quantitative estimate of drug-likeness (QED) is 0.440. The van der Waals surface area contributed by atoms with E-state index in [0.29, 0.717) is 17.9 Å². The number of benzene rings is 2. The van der Waals surface area contributed by atoms with Crippen molar-refractivity contribution in [2.24, 2.45) is 15.4 Å². The van der Waals surface area contributed by atoms with Crippen molar-refractivity contribution in [3.8, 4) is 5.88 Å². The molecule has 0 spiro atoms. The molecular weight excluding hydrogens is 398 g/mol. The molecule has 3 aromatic rings. The van der Waals surface area contributed by atoms with Gasteiger partial charge in [0.1, 0.15) is 0 Å². The molecule has 3 rings (SSSR count). The minimum atomic E-state index is -3.76. The highest BCUT2D eigenvalue weighted by Gasteiger charge is 2.17. The third-order valence-electron chi connectivity index (χ3n) is 4.22. The molecule has 0 radical (unpaired) electrons. The summed E-state index contributed by atoms with van der Waals surface area (Å²) in [5.74, 6) is 0.0239. The Hall–Kier alpha value is -2.82. The van der Waals surface area contributed by atoms with Crippen molar-refractivity contribution in [1.82, 2.24) is 4.57 Å². The van der Waals surface area contributed by atoms with Gasteiger partial charge in [0.25, 0.3) is 0 Å². The second-order valence-corrected chi connectivity index (χ2v) is 8.04. The van der Waals surface area contributed by atoms with Gasteiger partial charge in [0.2, 0.25) is 21.0 Å². The molecule has 0 bridgehead atoms. The van der Waals surface area contributed by atoms with E-state index in [0.717, 1.165) is 16.5 Å². The number of hydrogen-bond acceptors (Lipinski definition) is 5. The van der Waals surface area contributed by atoms with Crippen molar-refractivity contribution < 1.29 is 13.5 Å². The molecule has 146 valence electrons.